The average Bonchev–Trinajstić information content (AvgIpc) is 3.15. The number of carbonyl (C=O) groups excluding carboxylic acids is 3. The monoisotopic (exact) mass is 475 g/mol. The quantitative estimate of drug-likeness (QED) is 0.493. The van der Waals surface area contributed by atoms with Gasteiger partial charge in [0, 0.05) is 22.0 Å². The van der Waals surface area contributed by atoms with Crippen LogP contribution in [0.3, 0.4) is 0 Å². The fraction of sp³-hybridized carbons (Fsp3) is 0.0500. The van der Waals surface area contributed by atoms with Gasteiger partial charge >= 0.3 is 0 Å². The number of nitrogens with one attached hydrogen (secondary N) is 3. The van der Waals surface area contributed by atoms with Crippen LogP contribution in [0.1, 0.15) is 20.9 Å². The Morgan fingerprint density at radius 2 is 1.66 bits per heavy atom. The Kier molecular flexibility index (Phi) is 6.69. The van der Waals surface area contributed by atoms with E-state index in [1.54, 1.807) is 48.5 Å². The van der Waals surface area contributed by atoms with Gasteiger partial charge in [-0.05, 0) is 70.5 Å². The Morgan fingerprint density at radius 1 is 0.897 bits per heavy atom. The molecule has 0 unspecified atom stereocenters. The number of amides is 3. The SMILES string of the molecule is O=C(CNC(=O)c1cccc(NC(=O)c2ccc(Br)o2)c1)Nc1ccc(Cl)cc1. The second-order valence-electron chi connectivity index (χ2n) is 5.88. The Hall–Kier alpha value is -3.10. The standard InChI is InChI=1S/C20H15BrClN3O4/c21-17-9-8-16(29-17)20(28)25-15-3-1-2-12(10-15)19(27)23-11-18(26)24-14-6-4-13(22)5-7-14/h1-10H,11H2,(H,23,27)(H,24,26)(H,25,28). The van der Waals surface area contributed by atoms with Crippen LogP contribution in [-0.2, 0) is 4.79 Å². The third kappa shape index (κ3) is 5.94. The van der Waals surface area contributed by atoms with E-state index < -0.39 is 11.8 Å². The van der Waals surface area contributed by atoms with Crippen molar-refractivity contribution in [2.75, 3.05) is 17.2 Å². The van der Waals surface area contributed by atoms with Crippen molar-refractivity contribution < 1.29 is 18.8 Å². The lowest BCUT2D eigenvalue weighted by Crippen LogP contribution is -2.32. The Morgan fingerprint density at radius 3 is 2.34 bits per heavy atom. The van der Waals surface area contributed by atoms with Crippen LogP contribution in [-0.4, -0.2) is 24.3 Å². The van der Waals surface area contributed by atoms with Gasteiger partial charge in [0.2, 0.25) is 5.91 Å². The molecule has 7 nitrogen and oxygen atoms in total. The van der Waals surface area contributed by atoms with Crippen LogP contribution in [0.5, 0.6) is 0 Å². The molecule has 3 amide bonds. The highest BCUT2D eigenvalue weighted by molar-refractivity contribution is 9.10. The maximum absolute atomic E-state index is 12.3. The van der Waals surface area contributed by atoms with E-state index in [4.69, 9.17) is 16.0 Å². The molecule has 0 saturated carbocycles. The second kappa shape index (κ2) is 9.40. The number of carbonyl (C=O) groups is 3. The summed E-state index contributed by atoms with van der Waals surface area (Å²) >= 11 is 8.93. The fourth-order valence-corrected chi connectivity index (χ4v) is 2.80. The summed E-state index contributed by atoms with van der Waals surface area (Å²) in [5, 5.41) is 8.39. The molecule has 148 valence electrons. The number of furan rings is 1. The van der Waals surface area contributed by atoms with Gasteiger partial charge < -0.3 is 20.4 Å². The van der Waals surface area contributed by atoms with Gasteiger partial charge in [-0.15, -0.1) is 0 Å². The minimum atomic E-state index is -0.451. The van der Waals surface area contributed by atoms with E-state index in [0.717, 1.165) is 0 Å². The molecule has 0 aliphatic heterocycles. The predicted molar refractivity (Wildman–Crippen MR) is 113 cm³/mol. The van der Waals surface area contributed by atoms with Gasteiger partial charge in [0.1, 0.15) is 0 Å². The predicted octanol–water partition coefficient (Wildman–Crippen LogP) is 4.32. The number of benzene rings is 2. The molecule has 2 aromatic carbocycles. The highest BCUT2D eigenvalue weighted by Crippen LogP contribution is 2.17. The van der Waals surface area contributed by atoms with E-state index in [-0.39, 0.29) is 18.2 Å². The van der Waals surface area contributed by atoms with Crippen molar-refractivity contribution in [2.45, 2.75) is 0 Å². The van der Waals surface area contributed by atoms with E-state index >= 15 is 0 Å². The molecule has 3 N–H and O–H groups in total. The van der Waals surface area contributed by atoms with Gasteiger partial charge in [0.05, 0.1) is 6.54 Å². The van der Waals surface area contributed by atoms with Crippen molar-refractivity contribution in [3.8, 4) is 0 Å². The lowest BCUT2D eigenvalue weighted by molar-refractivity contribution is -0.115. The number of halogens is 2. The Labute approximate surface area is 179 Å². The normalized spacial score (nSPS) is 10.3. The van der Waals surface area contributed by atoms with Crippen molar-refractivity contribution in [1.29, 1.82) is 0 Å². The van der Waals surface area contributed by atoms with Crippen molar-refractivity contribution in [1.82, 2.24) is 5.32 Å². The molecule has 1 heterocycles. The molecule has 0 aliphatic rings. The van der Waals surface area contributed by atoms with Gasteiger partial charge in [0.15, 0.2) is 10.4 Å². The van der Waals surface area contributed by atoms with Crippen LogP contribution >= 0.6 is 27.5 Å². The van der Waals surface area contributed by atoms with Gasteiger partial charge in [-0.1, -0.05) is 17.7 Å². The summed E-state index contributed by atoms with van der Waals surface area (Å²) in [7, 11) is 0. The Bertz CT molecular complexity index is 1050. The zero-order valence-corrected chi connectivity index (χ0v) is 17.2. The molecule has 0 radical (unpaired) electrons. The first-order valence-electron chi connectivity index (χ1n) is 8.41. The molecule has 0 spiro atoms. The van der Waals surface area contributed by atoms with E-state index in [9.17, 15) is 14.4 Å². The first-order chi connectivity index (χ1) is 13.9. The summed E-state index contributed by atoms with van der Waals surface area (Å²) < 4.78 is 5.63. The largest absolute Gasteiger partial charge is 0.444 e. The summed E-state index contributed by atoms with van der Waals surface area (Å²) in [6.07, 6.45) is 0. The molecule has 29 heavy (non-hydrogen) atoms. The van der Waals surface area contributed by atoms with Crippen LogP contribution in [0.4, 0.5) is 11.4 Å². The zero-order valence-electron chi connectivity index (χ0n) is 14.9. The van der Waals surface area contributed by atoms with E-state index in [2.05, 4.69) is 31.9 Å². The maximum Gasteiger partial charge on any atom is 0.291 e. The first-order valence-corrected chi connectivity index (χ1v) is 9.58. The van der Waals surface area contributed by atoms with E-state index in [1.807, 2.05) is 0 Å². The molecular weight excluding hydrogens is 462 g/mol. The Balaban J connectivity index is 1.55. The summed E-state index contributed by atoms with van der Waals surface area (Å²) in [6, 6.07) is 16.1. The highest BCUT2D eigenvalue weighted by Gasteiger charge is 2.13. The van der Waals surface area contributed by atoms with E-state index in [0.29, 0.717) is 26.6 Å². The molecule has 3 aromatic rings. The van der Waals surface area contributed by atoms with Crippen molar-refractivity contribution in [3.05, 3.63) is 81.7 Å². The summed E-state index contributed by atoms with van der Waals surface area (Å²) in [6.45, 7) is -0.210. The van der Waals surface area contributed by atoms with Crippen molar-refractivity contribution in [3.63, 3.8) is 0 Å². The number of hydrogen-bond acceptors (Lipinski definition) is 4. The fourth-order valence-electron chi connectivity index (χ4n) is 2.37. The zero-order chi connectivity index (χ0) is 20.8. The molecule has 0 saturated heterocycles. The molecular formula is C20H15BrClN3O4. The smallest absolute Gasteiger partial charge is 0.291 e. The van der Waals surface area contributed by atoms with Gasteiger partial charge in [0.25, 0.3) is 11.8 Å². The third-order valence-corrected chi connectivity index (χ3v) is 4.40. The van der Waals surface area contributed by atoms with Crippen LogP contribution in [0, 0.1) is 0 Å². The molecule has 0 bridgehead atoms. The van der Waals surface area contributed by atoms with Crippen LogP contribution < -0.4 is 16.0 Å². The average molecular weight is 477 g/mol. The topological polar surface area (TPSA) is 100 Å². The maximum atomic E-state index is 12.3. The molecule has 0 atom stereocenters. The van der Waals surface area contributed by atoms with Crippen molar-refractivity contribution in [2.24, 2.45) is 0 Å². The molecule has 9 heteroatoms. The lowest BCUT2D eigenvalue weighted by Gasteiger charge is -2.09. The van der Waals surface area contributed by atoms with Crippen molar-refractivity contribution >= 4 is 56.6 Å². The van der Waals surface area contributed by atoms with Gasteiger partial charge in [-0.2, -0.15) is 0 Å². The summed E-state index contributed by atoms with van der Waals surface area (Å²) in [4.78, 5) is 36.4. The molecule has 1 aromatic heterocycles. The molecule has 0 fully saturated rings. The van der Waals surface area contributed by atoms with Crippen LogP contribution in [0.2, 0.25) is 5.02 Å². The second-order valence-corrected chi connectivity index (χ2v) is 7.09. The van der Waals surface area contributed by atoms with Crippen LogP contribution in [0.25, 0.3) is 0 Å². The minimum Gasteiger partial charge on any atom is -0.444 e. The number of rotatable bonds is 6. The van der Waals surface area contributed by atoms with E-state index in [1.165, 1.54) is 12.1 Å². The summed E-state index contributed by atoms with van der Waals surface area (Å²) in [5.41, 5.74) is 1.28. The first kappa shape index (κ1) is 20.6. The minimum absolute atomic E-state index is 0.130. The highest BCUT2D eigenvalue weighted by atomic mass is 79.9. The number of hydrogen-bond donors (Lipinski definition) is 3. The molecule has 3 rings (SSSR count). The third-order valence-electron chi connectivity index (χ3n) is 3.72. The van der Waals surface area contributed by atoms with Crippen LogP contribution in [0.15, 0.2) is 69.8 Å². The summed E-state index contributed by atoms with van der Waals surface area (Å²) in [5.74, 6) is -1.15. The molecule has 0 aliphatic carbocycles. The van der Waals surface area contributed by atoms with Gasteiger partial charge in [-0.25, -0.2) is 0 Å². The van der Waals surface area contributed by atoms with Gasteiger partial charge in [-0.3, -0.25) is 14.4 Å². The lowest BCUT2D eigenvalue weighted by atomic mass is 10.2. The number of anilines is 2.